The normalized spacial score (nSPS) is 35.2. The number of carbonyl (C=O) groups excluding carboxylic acids is 1. The molecule has 4 aliphatic rings. The second-order valence-corrected chi connectivity index (χ2v) is 9.12. The third-order valence-electron chi connectivity index (χ3n) is 7.16. The van der Waals surface area contributed by atoms with Gasteiger partial charge >= 0.3 is 0 Å². The number of hydrogen-bond acceptors (Lipinski definition) is 1. The molecule has 4 bridgehead atoms. The van der Waals surface area contributed by atoms with Gasteiger partial charge in [-0.2, -0.15) is 0 Å². The smallest absolute Gasteiger partial charge is 0.142 e. The molecule has 1 heteroatoms. The van der Waals surface area contributed by atoms with Gasteiger partial charge in [-0.25, -0.2) is 0 Å². The van der Waals surface area contributed by atoms with Gasteiger partial charge in [-0.1, -0.05) is 71.1 Å². The molecular formula is C22H38O. The van der Waals surface area contributed by atoms with Crippen LogP contribution in [0.4, 0.5) is 0 Å². The van der Waals surface area contributed by atoms with Gasteiger partial charge in [-0.3, -0.25) is 4.79 Å². The van der Waals surface area contributed by atoms with E-state index in [4.69, 9.17) is 0 Å². The van der Waals surface area contributed by atoms with Crippen LogP contribution in [-0.4, -0.2) is 5.78 Å². The van der Waals surface area contributed by atoms with Crippen LogP contribution in [0.2, 0.25) is 0 Å². The van der Waals surface area contributed by atoms with Crippen LogP contribution in [0.1, 0.15) is 110 Å². The Labute approximate surface area is 144 Å². The van der Waals surface area contributed by atoms with Gasteiger partial charge in [-0.15, -0.1) is 0 Å². The fraction of sp³-hybridized carbons (Fsp3) is 0.955. The summed E-state index contributed by atoms with van der Waals surface area (Å²) >= 11 is 0. The SMILES string of the molecule is CCCCCCCCCCCCC12C[C@@H]3CC(C[C@@H](C3)C1)C2=O. The van der Waals surface area contributed by atoms with E-state index in [1.165, 1.54) is 103 Å². The van der Waals surface area contributed by atoms with E-state index < -0.39 is 0 Å². The first-order valence-corrected chi connectivity index (χ1v) is 10.8. The second kappa shape index (κ2) is 8.17. The molecule has 1 nitrogen and oxygen atoms in total. The number of ketones is 1. The summed E-state index contributed by atoms with van der Waals surface area (Å²) in [6.07, 6.45) is 21.7. The van der Waals surface area contributed by atoms with Gasteiger partial charge in [0, 0.05) is 11.3 Å². The number of carbonyl (C=O) groups is 1. The van der Waals surface area contributed by atoms with E-state index in [1.807, 2.05) is 0 Å². The van der Waals surface area contributed by atoms with E-state index in [-0.39, 0.29) is 5.41 Å². The minimum absolute atomic E-state index is 0.162. The van der Waals surface area contributed by atoms with Crippen molar-refractivity contribution in [2.45, 2.75) is 110 Å². The molecule has 4 atom stereocenters. The van der Waals surface area contributed by atoms with Crippen molar-refractivity contribution in [3.63, 3.8) is 0 Å². The van der Waals surface area contributed by atoms with Crippen LogP contribution in [0.5, 0.6) is 0 Å². The number of hydrogen-bond donors (Lipinski definition) is 0. The Morgan fingerprint density at radius 3 is 1.87 bits per heavy atom. The quantitative estimate of drug-likeness (QED) is 0.388. The van der Waals surface area contributed by atoms with Crippen molar-refractivity contribution in [2.75, 3.05) is 0 Å². The van der Waals surface area contributed by atoms with Crippen molar-refractivity contribution in [3.8, 4) is 0 Å². The Morgan fingerprint density at radius 2 is 1.30 bits per heavy atom. The van der Waals surface area contributed by atoms with Gasteiger partial charge < -0.3 is 0 Å². The molecule has 0 heterocycles. The minimum Gasteiger partial charge on any atom is -0.299 e. The molecule has 0 radical (unpaired) electrons. The first kappa shape index (κ1) is 17.5. The van der Waals surface area contributed by atoms with Gasteiger partial charge in [0.15, 0.2) is 0 Å². The number of Topliss-reactive ketones (excluding diaryl/α,β-unsaturated/α-hetero) is 1. The highest BCUT2D eigenvalue weighted by atomic mass is 16.1. The monoisotopic (exact) mass is 318 g/mol. The zero-order valence-electron chi connectivity index (χ0n) is 15.5. The zero-order chi connectivity index (χ0) is 16.1. The molecule has 4 fully saturated rings. The molecule has 0 N–H and O–H groups in total. The molecule has 0 aromatic rings. The molecule has 0 spiro atoms. The molecule has 4 aliphatic carbocycles. The average molecular weight is 319 g/mol. The molecular weight excluding hydrogens is 280 g/mol. The van der Waals surface area contributed by atoms with E-state index in [0.29, 0.717) is 11.7 Å². The minimum atomic E-state index is 0.162. The van der Waals surface area contributed by atoms with Crippen LogP contribution in [0, 0.1) is 23.2 Å². The fourth-order valence-corrected chi connectivity index (χ4v) is 6.21. The maximum atomic E-state index is 12.8. The maximum absolute atomic E-state index is 12.8. The van der Waals surface area contributed by atoms with Crippen molar-refractivity contribution in [1.82, 2.24) is 0 Å². The van der Waals surface area contributed by atoms with Crippen molar-refractivity contribution in [2.24, 2.45) is 23.2 Å². The molecule has 132 valence electrons. The standard InChI is InChI=1S/C22H38O/c1-2-3-4-5-6-7-8-9-10-11-12-22-16-18-13-19(17-22)15-20(14-18)21(22)23/h18-20H,2-17H2,1H3/t18-,19+,20?,22?. The summed E-state index contributed by atoms with van der Waals surface area (Å²) in [5.74, 6) is 2.99. The third-order valence-corrected chi connectivity index (χ3v) is 7.16. The first-order valence-electron chi connectivity index (χ1n) is 10.8. The van der Waals surface area contributed by atoms with Crippen molar-refractivity contribution < 1.29 is 4.79 Å². The van der Waals surface area contributed by atoms with E-state index in [2.05, 4.69) is 6.92 Å². The van der Waals surface area contributed by atoms with Crippen molar-refractivity contribution >= 4 is 5.78 Å². The summed E-state index contributed by atoms with van der Waals surface area (Å²) in [6, 6.07) is 0. The maximum Gasteiger partial charge on any atom is 0.142 e. The lowest BCUT2D eigenvalue weighted by atomic mass is 9.48. The van der Waals surface area contributed by atoms with Gasteiger partial charge in [0.1, 0.15) is 5.78 Å². The molecule has 0 amide bonds. The highest BCUT2D eigenvalue weighted by Crippen LogP contribution is 2.59. The summed E-state index contributed by atoms with van der Waals surface area (Å²) in [4.78, 5) is 12.8. The molecule has 0 saturated heterocycles. The molecule has 0 aromatic carbocycles. The van der Waals surface area contributed by atoms with E-state index in [9.17, 15) is 4.79 Å². The lowest BCUT2D eigenvalue weighted by Gasteiger charge is -2.55. The van der Waals surface area contributed by atoms with E-state index >= 15 is 0 Å². The molecule has 0 aromatic heterocycles. The fourth-order valence-electron chi connectivity index (χ4n) is 6.21. The van der Waals surface area contributed by atoms with Crippen LogP contribution in [0.3, 0.4) is 0 Å². The Hall–Kier alpha value is -0.330. The molecule has 0 aliphatic heterocycles. The zero-order valence-corrected chi connectivity index (χ0v) is 15.5. The van der Waals surface area contributed by atoms with Gasteiger partial charge in [0.2, 0.25) is 0 Å². The Bertz CT molecular complexity index is 371. The summed E-state index contributed by atoms with van der Waals surface area (Å²) in [7, 11) is 0. The highest BCUT2D eigenvalue weighted by molar-refractivity contribution is 5.89. The van der Waals surface area contributed by atoms with Crippen LogP contribution in [0.25, 0.3) is 0 Å². The highest BCUT2D eigenvalue weighted by Gasteiger charge is 2.55. The van der Waals surface area contributed by atoms with Crippen LogP contribution < -0.4 is 0 Å². The molecule has 4 rings (SSSR count). The van der Waals surface area contributed by atoms with Crippen molar-refractivity contribution in [1.29, 1.82) is 0 Å². The van der Waals surface area contributed by atoms with Gasteiger partial charge in [0.25, 0.3) is 0 Å². The van der Waals surface area contributed by atoms with Crippen molar-refractivity contribution in [3.05, 3.63) is 0 Å². The Morgan fingerprint density at radius 1 is 0.783 bits per heavy atom. The predicted octanol–water partition coefficient (Wildman–Crippen LogP) is 6.69. The summed E-state index contributed by atoms with van der Waals surface area (Å²) in [5, 5.41) is 0. The summed E-state index contributed by atoms with van der Waals surface area (Å²) < 4.78 is 0. The largest absolute Gasteiger partial charge is 0.299 e. The Balaban J connectivity index is 1.28. The van der Waals surface area contributed by atoms with Gasteiger partial charge in [0.05, 0.1) is 0 Å². The topological polar surface area (TPSA) is 17.1 Å². The first-order chi connectivity index (χ1) is 11.2. The lowest BCUT2D eigenvalue weighted by Crippen LogP contribution is -2.53. The Kier molecular flexibility index (Phi) is 6.21. The second-order valence-electron chi connectivity index (χ2n) is 9.12. The van der Waals surface area contributed by atoms with E-state index in [0.717, 1.165) is 11.8 Å². The van der Waals surface area contributed by atoms with Crippen LogP contribution in [0.15, 0.2) is 0 Å². The molecule has 4 saturated carbocycles. The summed E-state index contributed by atoms with van der Waals surface area (Å²) in [5.41, 5.74) is 0.162. The van der Waals surface area contributed by atoms with Crippen LogP contribution >= 0.6 is 0 Å². The average Bonchev–Trinajstić information content (AvgIpc) is 2.53. The van der Waals surface area contributed by atoms with Gasteiger partial charge in [-0.05, 0) is 50.4 Å². The predicted molar refractivity (Wildman–Crippen MR) is 97.5 cm³/mol. The number of unbranched alkanes of at least 4 members (excludes halogenated alkanes) is 9. The lowest BCUT2D eigenvalue weighted by molar-refractivity contribution is -0.153. The summed E-state index contributed by atoms with van der Waals surface area (Å²) in [6.45, 7) is 2.29. The van der Waals surface area contributed by atoms with Crippen LogP contribution in [-0.2, 0) is 4.79 Å². The van der Waals surface area contributed by atoms with E-state index in [1.54, 1.807) is 0 Å². The molecule has 23 heavy (non-hydrogen) atoms. The molecule has 2 unspecified atom stereocenters. The number of rotatable bonds is 11. The third kappa shape index (κ3) is 4.20.